The first kappa shape index (κ1) is 15.7. The number of nitrogens with two attached hydrogens (primary N) is 1. The molecule has 0 fully saturated rings. The number of anilines is 1. The van der Waals surface area contributed by atoms with Crippen molar-refractivity contribution < 1.29 is 21.6 Å². The van der Waals surface area contributed by atoms with Crippen molar-refractivity contribution in [1.82, 2.24) is 4.31 Å². The second-order valence-electron chi connectivity index (χ2n) is 3.79. The second kappa shape index (κ2) is 6.22. The molecule has 0 aliphatic carbocycles. The van der Waals surface area contributed by atoms with E-state index in [1.807, 2.05) is 4.72 Å². The lowest BCUT2D eigenvalue weighted by atomic mass is 10.3. The lowest BCUT2D eigenvalue weighted by Crippen LogP contribution is -2.34. The highest BCUT2D eigenvalue weighted by atomic mass is 32.2. The van der Waals surface area contributed by atoms with Gasteiger partial charge in [-0.2, -0.15) is 12.7 Å². The minimum atomic E-state index is -4.04. The molecule has 5 nitrogen and oxygen atoms in total. The molecule has 0 saturated carbocycles. The van der Waals surface area contributed by atoms with E-state index in [0.29, 0.717) is 19.0 Å². The molecule has 0 radical (unpaired) electrons. The Morgan fingerprint density at radius 2 is 1.89 bits per heavy atom. The third kappa shape index (κ3) is 3.82. The fourth-order valence-corrected chi connectivity index (χ4v) is 2.22. The lowest BCUT2D eigenvalue weighted by Gasteiger charge is -2.18. The van der Waals surface area contributed by atoms with Crippen LogP contribution >= 0.6 is 0 Å². The summed E-state index contributed by atoms with van der Waals surface area (Å²) in [7, 11) is -2.78. The third-order valence-corrected chi connectivity index (χ3v) is 3.84. The van der Waals surface area contributed by atoms with Gasteiger partial charge < -0.3 is 5.73 Å². The number of halogens is 3. The van der Waals surface area contributed by atoms with Gasteiger partial charge in [0, 0.05) is 13.6 Å². The number of nitrogens with zero attached hydrogens (tertiary/aromatic N) is 1. The summed E-state index contributed by atoms with van der Waals surface area (Å²) >= 11 is 0. The van der Waals surface area contributed by atoms with E-state index < -0.39 is 33.3 Å². The average molecular weight is 297 g/mol. The zero-order valence-electron chi connectivity index (χ0n) is 10.2. The Bertz CT molecular complexity index is 551. The van der Waals surface area contributed by atoms with Crippen LogP contribution in [-0.4, -0.2) is 32.9 Å². The Morgan fingerprint density at radius 3 is 2.47 bits per heavy atom. The molecule has 108 valence electrons. The van der Waals surface area contributed by atoms with Crippen LogP contribution in [0.5, 0.6) is 0 Å². The summed E-state index contributed by atoms with van der Waals surface area (Å²) in [5.74, 6) is -4.71. The molecule has 0 heterocycles. The molecule has 9 heteroatoms. The van der Waals surface area contributed by atoms with Crippen LogP contribution in [0.3, 0.4) is 0 Å². The van der Waals surface area contributed by atoms with Crippen molar-refractivity contribution in [1.29, 1.82) is 0 Å². The monoisotopic (exact) mass is 297 g/mol. The number of rotatable bonds is 6. The predicted molar refractivity (Wildman–Crippen MR) is 65.2 cm³/mol. The summed E-state index contributed by atoms with van der Waals surface area (Å²) in [6.45, 7) is 0.413. The SMILES string of the molecule is CN(CCCN)S(=O)(=O)Nc1ccc(F)c(F)c1F. The van der Waals surface area contributed by atoms with Crippen LogP contribution in [0.25, 0.3) is 0 Å². The van der Waals surface area contributed by atoms with Crippen LogP contribution in [0, 0.1) is 17.5 Å². The van der Waals surface area contributed by atoms with E-state index >= 15 is 0 Å². The Morgan fingerprint density at radius 1 is 1.26 bits per heavy atom. The van der Waals surface area contributed by atoms with E-state index in [0.717, 1.165) is 10.4 Å². The molecule has 0 aliphatic rings. The van der Waals surface area contributed by atoms with Crippen molar-refractivity contribution in [3.05, 3.63) is 29.6 Å². The zero-order valence-corrected chi connectivity index (χ0v) is 11.0. The fourth-order valence-electron chi connectivity index (χ4n) is 1.26. The molecule has 0 aliphatic heterocycles. The largest absolute Gasteiger partial charge is 0.330 e. The Balaban J connectivity index is 2.93. The first-order chi connectivity index (χ1) is 8.79. The molecule has 0 unspecified atom stereocenters. The zero-order chi connectivity index (χ0) is 14.6. The van der Waals surface area contributed by atoms with E-state index in [1.54, 1.807) is 0 Å². The Hall–Kier alpha value is -1.32. The summed E-state index contributed by atoms with van der Waals surface area (Å²) in [5, 5.41) is 0. The number of hydrogen-bond donors (Lipinski definition) is 2. The molecule has 3 N–H and O–H groups in total. The molecule has 1 aromatic rings. The molecule has 0 atom stereocenters. The normalized spacial score (nSPS) is 11.9. The third-order valence-electron chi connectivity index (χ3n) is 2.36. The minimum absolute atomic E-state index is 0.122. The smallest absolute Gasteiger partial charge is 0.301 e. The molecule has 1 rings (SSSR count). The summed E-state index contributed by atoms with van der Waals surface area (Å²) in [6, 6.07) is 1.44. The molecule has 0 spiro atoms. The van der Waals surface area contributed by atoms with Crippen molar-refractivity contribution >= 4 is 15.9 Å². The molecule has 1 aromatic carbocycles. The highest BCUT2D eigenvalue weighted by Gasteiger charge is 2.21. The summed E-state index contributed by atoms with van der Waals surface area (Å²) < 4.78 is 65.2. The van der Waals surface area contributed by atoms with Gasteiger partial charge in [0.1, 0.15) is 0 Å². The van der Waals surface area contributed by atoms with Crippen molar-refractivity contribution in [2.45, 2.75) is 6.42 Å². The van der Waals surface area contributed by atoms with Crippen LogP contribution in [-0.2, 0) is 10.2 Å². The maximum Gasteiger partial charge on any atom is 0.301 e. The molecule has 0 saturated heterocycles. The topological polar surface area (TPSA) is 75.4 Å². The van der Waals surface area contributed by atoms with Gasteiger partial charge in [0.25, 0.3) is 0 Å². The van der Waals surface area contributed by atoms with E-state index in [9.17, 15) is 21.6 Å². The van der Waals surface area contributed by atoms with E-state index in [-0.39, 0.29) is 6.54 Å². The van der Waals surface area contributed by atoms with Crippen LogP contribution < -0.4 is 10.5 Å². The van der Waals surface area contributed by atoms with Gasteiger partial charge in [0.05, 0.1) is 5.69 Å². The summed E-state index contributed by atoms with van der Waals surface area (Å²) in [5.41, 5.74) is 4.59. The van der Waals surface area contributed by atoms with Crippen molar-refractivity contribution in [3.63, 3.8) is 0 Å². The van der Waals surface area contributed by atoms with Crippen molar-refractivity contribution in [2.75, 3.05) is 24.9 Å². The minimum Gasteiger partial charge on any atom is -0.330 e. The van der Waals surface area contributed by atoms with Gasteiger partial charge in [0.2, 0.25) is 0 Å². The maximum atomic E-state index is 13.3. The average Bonchev–Trinajstić information content (AvgIpc) is 2.36. The molecule has 0 aromatic heterocycles. The van der Waals surface area contributed by atoms with E-state index in [2.05, 4.69) is 0 Å². The van der Waals surface area contributed by atoms with Gasteiger partial charge in [-0.1, -0.05) is 0 Å². The van der Waals surface area contributed by atoms with E-state index in [1.165, 1.54) is 7.05 Å². The van der Waals surface area contributed by atoms with E-state index in [4.69, 9.17) is 5.73 Å². The van der Waals surface area contributed by atoms with Crippen molar-refractivity contribution in [2.24, 2.45) is 5.73 Å². The molecule has 19 heavy (non-hydrogen) atoms. The molecular weight excluding hydrogens is 283 g/mol. The first-order valence-corrected chi connectivity index (χ1v) is 6.81. The maximum absolute atomic E-state index is 13.3. The van der Waals surface area contributed by atoms with Gasteiger partial charge in [-0.15, -0.1) is 0 Å². The van der Waals surface area contributed by atoms with Gasteiger partial charge in [-0.05, 0) is 25.1 Å². The quantitative estimate of drug-likeness (QED) is 0.770. The van der Waals surface area contributed by atoms with Gasteiger partial charge >= 0.3 is 10.2 Å². The highest BCUT2D eigenvalue weighted by Crippen LogP contribution is 2.21. The molecular formula is C10H14F3N3O2S. The molecule has 0 bridgehead atoms. The first-order valence-electron chi connectivity index (χ1n) is 5.37. The standard InChI is InChI=1S/C10H14F3N3O2S/c1-16(6-2-5-14)19(17,18)15-8-4-3-7(11)9(12)10(8)13/h3-4,15H,2,5-6,14H2,1H3. The predicted octanol–water partition coefficient (Wildman–Crippen LogP) is 1.04. The lowest BCUT2D eigenvalue weighted by molar-refractivity contribution is 0.448. The van der Waals surface area contributed by atoms with Crippen LogP contribution in [0.1, 0.15) is 6.42 Å². The van der Waals surface area contributed by atoms with Crippen LogP contribution in [0.4, 0.5) is 18.9 Å². The summed E-state index contributed by atoms with van der Waals surface area (Å²) in [4.78, 5) is 0. The number of benzene rings is 1. The van der Waals surface area contributed by atoms with Gasteiger partial charge in [-0.25, -0.2) is 13.2 Å². The number of nitrogens with one attached hydrogen (secondary N) is 1. The highest BCUT2D eigenvalue weighted by molar-refractivity contribution is 7.90. The summed E-state index contributed by atoms with van der Waals surface area (Å²) in [6.07, 6.45) is 0.414. The molecule has 0 amide bonds. The van der Waals surface area contributed by atoms with Crippen LogP contribution in [0.2, 0.25) is 0 Å². The second-order valence-corrected chi connectivity index (χ2v) is 5.57. The number of hydrogen-bond acceptors (Lipinski definition) is 3. The van der Waals surface area contributed by atoms with Crippen LogP contribution in [0.15, 0.2) is 12.1 Å². The van der Waals surface area contributed by atoms with Crippen molar-refractivity contribution in [3.8, 4) is 0 Å². The fraction of sp³-hybridized carbons (Fsp3) is 0.400. The van der Waals surface area contributed by atoms with Gasteiger partial charge in [-0.3, -0.25) is 4.72 Å². The Kier molecular flexibility index (Phi) is 5.15. The Labute approximate surface area is 109 Å². The van der Waals surface area contributed by atoms with Gasteiger partial charge in [0.15, 0.2) is 17.5 Å².